The van der Waals surface area contributed by atoms with Crippen molar-refractivity contribution in [3.8, 4) is 5.75 Å². The average molecular weight is 285 g/mol. The fourth-order valence-electron chi connectivity index (χ4n) is 1.15. The van der Waals surface area contributed by atoms with E-state index in [-0.39, 0.29) is 23.1 Å². The maximum absolute atomic E-state index is 12.3. The molecule has 0 bridgehead atoms. The van der Waals surface area contributed by atoms with E-state index in [1.54, 1.807) is 0 Å². The molecule has 15 heavy (non-hydrogen) atoms. The Bertz CT molecular complexity index is 340. The van der Waals surface area contributed by atoms with Gasteiger partial charge in [-0.15, -0.1) is 0 Å². The molecule has 0 fully saturated rings. The van der Waals surface area contributed by atoms with Gasteiger partial charge in [-0.05, 0) is 12.1 Å². The molecule has 0 spiro atoms. The number of phenolic OH excluding ortho intramolecular Hbond substituents is 1. The SMILES string of the molecule is OCCc1c(O)cc(C(F)(F)F)cc1Br. The number of aliphatic hydroxyl groups is 1. The lowest BCUT2D eigenvalue weighted by molar-refractivity contribution is -0.137. The molecule has 0 saturated carbocycles. The first kappa shape index (κ1) is 12.3. The van der Waals surface area contributed by atoms with E-state index in [2.05, 4.69) is 15.9 Å². The summed E-state index contributed by atoms with van der Waals surface area (Å²) in [5, 5.41) is 18.0. The lowest BCUT2D eigenvalue weighted by Gasteiger charge is -2.11. The molecule has 0 unspecified atom stereocenters. The molecule has 0 heterocycles. The molecule has 0 aromatic heterocycles. The minimum Gasteiger partial charge on any atom is -0.508 e. The fraction of sp³-hybridized carbons (Fsp3) is 0.333. The zero-order chi connectivity index (χ0) is 11.6. The van der Waals surface area contributed by atoms with Gasteiger partial charge in [0.15, 0.2) is 0 Å². The first-order valence-corrected chi connectivity index (χ1v) is 4.85. The van der Waals surface area contributed by atoms with E-state index in [1.807, 2.05) is 0 Å². The minimum atomic E-state index is -4.49. The van der Waals surface area contributed by atoms with Crippen LogP contribution in [0, 0.1) is 0 Å². The Morgan fingerprint density at radius 3 is 2.27 bits per heavy atom. The molecule has 0 aliphatic rings. The fourth-order valence-corrected chi connectivity index (χ4v) is 1.79. The molecule has 0 amide bonds. The van der Waals surface area contributed by atoms with E-state index in [1.165, 1.54) is 0 Å². The van der Waals surface area contributed by atoms with Crippen LogP contribution in [0.4, 0.5) is 13.2 Å². The van der Waals surface area contributed by atoms with Gasteiger partial charge in [0.1, 0.15) is 5.75 Å². The van der Waals surface area contributed by atoms with Crippen LogP contribution in [-0.2, 0) is 12.6 Å². The first-order chi connectivity index (χ1) is 6.86. The second-order valence-corrected chi connectivity index (χ2v) is 3.78. The van der Waals surface area contributed by atoms with Gasteiger partial charge in [-0.25, -0.2) is 0 Å². The second kappa shape index (κ2) is 4.40. The Morgan fingerprint density at radius 2 is 1.87 bits per heavy atom. The van der Waals surface area contributed by atoms with E-state index in [4.69, 9.17) is 5.11 Å². The van der Waals surface area contributed by atoms with Crippen LogP contribution in [0.5, 0.6) is 5.75 Å². The topological polar surface area (TPSA) is 40.5 Å². The van der Waals surface area contributed by atoms with Crippen LogP contribution in [0.15, 0.2) is 16.6 Å². The van der Waals surface area contributed by atoms with Crippen molar-refractivity contribution in [2.75, 3.05) is 6.61 Å². The highest BCUT2D eigenvalue weighted by Gasteiger charge is 2.31. The van der Waals surface area contributed by atoms with Crippen molar-refractivity contribution in [3.05, 3.63) is 27.7 Å². The third kappa shape index (κ3) is 2.85. The summed E-state index contributed by atoms with van der Waals surface area (Å²) in [6.45, 7) is -0.239. The van der Waals surface area contributed by atoms with Crippen molar-refractivity contribution in [1.29, 1.82) is 0 Å². The van der Waals surface area contributed by atoms with Crippen LogP contribution >= 0.6 is 15.9 Å². The van der Waals surface area contributed by atoms with Gasteiger partial charge in [0, 0.05) is 23.1 Å². The normalized spacial score (nSPS) is 11.8. The van der Waals surface area contributed by atoms with Crippen LogP contribution in [0.2, 0.25) is 0 Å². The number of halogens is 4. The number of rotatable bonds is 2. The Morgan fingerprint density at radius 1 is 1.27 bits per heavy atom. The molecular weight excluding hydrogens is 277 g/mol. The summed E-state index contributed by atoms with van der Waals surface area (Å²) in [4.78, 5) is 0. The van der Waals surface area contributed by atoms with Crippen molar-refractivity contribution >= 4 is 15.9 Å². The van der Waals surface area contributed by atoms with E-state index < -0.39 is 17.5 Å². The van der Waals surface area contributed by atoms with E-state index >= 15 is 0 Å². The molecular formula is C9H8BrF3O2. The first-order valence-electron chi connectivity index (χ1n) is 4.05. The van der Waals surface area contributed by atoms with E-state index in [9.17, 15) is 18.3 Å². The molecule has 6 heteroatoms. The predicted molar refractivity (Wildman–Crippen MR) is 51.6 cm³/mol. The standard InChI is InChI=1S/C9H8BrF3O2/c10-7-3-5(9(11,12)13)4-8(15)6(7)1-2-14/h3-4,14-15H,1-2H2. The third-order valence-corrected chi connectivity index (χ3v) is 2.57. The second-order valence-electron chi connectivity index (χ2n) is 2.93. The molecule has 0 aliphatic carbocycles. The van der Waals surface area contributed by atoms with Crippen LogP contribution in [0.1, 0.15) is 11.1 Å². The van der Waals surface area contributed by atoms with Crippen molar-refractivity contribution in [2.45, 2.75) is 12.6 Å². The largest absolute Gasteiger partial charge is 0.508 e. The van der Waals surface area contributed by atoms with Crippen molar-refractivity contribution in [3.63, 3.8) is 0 Å². The molecule has 0 radical (unpaired) electrons. The molecule has 1 aromatic carbocycles. The molecule has 2 nitrogen and oxygen atoms in total. The van der Waals surface area contributed by atoms with Crippen molar-refractivity contribution < 1.29 is 23.4 Å². The van der Waals surface area contributed by atoms with Gasteiger partial charge in [-0.2, -0.15) is 13.2 Å². The highest BCUT2D eigenvalue weighted by atomic mass is 79.9. The molecule has 0 saturated heterocycles. The number of hydrogen-bond acceptors (Lipinski definition) is 2. The van der Waals surface area contributed by atoms with Crippen LogP contribution in [-0.4, -0.2) is 16.8 Å². The third-order valence-electron chi connectivity index (χ3n) is 1.86. The van der Waals surface area contributed by atoms with Gasteiger partial charge in [0.05, 0.1) is 5.56 Å². The van der Waals surface area contributed by atoms with Gasteiger partial charge in [0.2, 0.25) is 0 Å². The summed E-state index contributed by atoms with van der Waals surface area (Å²) in [6, 6.07) is 1.53. The average Bonchev–Trinajstić information content (AvgIpc) is 2.09. The summed E-state index contributed by atoms with van der Waals surface area (Å²) in [5.74, 6) is -0.467. The minimum absolute atomic E-state index is 0.102. The van der Waals surface area contributed by atoms with Gasteiger partial charge < -0.3 is 10.2 Å². The van der Waals surface area contributed by atoms with Crippen LogP contribution in [0.3, 0.4) is 0 Å². The highest BCUT2D eigenvalue weighted by Crippen LogP contribution is 2.36. The van der Waals surface area contributed by atoms with E-state index in [0.717, 1.165) is 6.07 Å². The lowest BCUT2D eigenvalue weighted by atomic mass is 10.1. The molecule has 1 rings (SSSR count). The van der Waals surface area contributed by atoms with Crippen molar-refractivity contribution in [1.82, 2.24) is 0 Å². The monoisotopic (exact) mass is 284 g/mol. The molecule has 0 atom stereocenters. The summed E-state index contributed by atoms with van der Waals surface area (Å²) in [7, 11) is 0. The zero-order valence-corrected chi connectivity index (χ0v) is 9.06. The van der Waals surface area contributed by atoms with Gasteiger partial charge >= 0.3 is 6.18 Å². The maximum atomic E-state index is 12.3. The van der Waals surface area contributed by atoms with Crippen molar-refractivity contribution in [2.24, 2.45) is 0 Å². The van der Waals surface area contributed by atoms with Gasteiger partial charge in [-0.1, -0.05) is 15.9 Å². The molecule has 1 aromatic rings. The molecule has 2 N–H and O–H groups in total. The lowest BCUT2D eigenvalue weighted by Crippen LogP contribution is -2.06. The molecule has 84 valence electrons. The highest BCUT2D eigenvalue weighted by molar-refractivity contribution is 9.10. The Balaban J connectivity index is 3.19. The van der Waals surface area contributed by atoms with E-state index in [0.29, 0.717) is 6.07 Å². The summed E-state index contributed by atoms with van der Waals surface area (Å²) < 4.78 is 37.0. The molecule has 0 aliphatic heterocycles. The maximum Gasteiger partial charge on any atom is 0.416 e. The van der Waals surface area contributed by atoms with Crippen LogP contribution in [0.25, 0.3) is 0 Å². The number of alkyl halides is 3. The Hall–Kier alpha value is -0.750. The summed E-state index contributed by atoms with van der Waals surface area (Å²) >= 11 is 2.92. The number of phenols is 1. The van der Waals surface area contributed by atoms with Gasteiger partial charge in [-0.3, -0.25) is 0 Å². The Labute approximate surface area is 92.5 Å². The quantitative estimate of drug-likeness (QED) is 0.877. The van der Waals surface area contributed by atoms with Crippen LogP contribution < -0.4 is 0 Å². The summed E-state index contributed by atoms with van der Waals surface area (Å²) in [6.07, 6.45) is -4.39. The number of aromatic hydroxyl groups is 1. The summed E-state index contributed by atoms with van der Waals surface area (Å²) in [5.41, 5.74) is -0.654. The number of hydrogen-bond donors (Lipinski definition) is 2. The van der Waals surface area contributed by atoms with Gasteiger partial charge in [0.25, 0.3) is 0 Å². The number of aliphatic hydroxyl groups excluding tert-OH is 1. The zero-order valence-electron chi connectivity index (χ0n) is 7.48. The Kier molecular flexibility index (Phi) is 3.62. The number of benzene rings is 1. The smallest absolute Gasteiger partial charge is 0.416 e. The predicted octanol–water partition coefficient (Wildman–Crippen LogP) is 2.71.